The van der Waals surface area contributed by atoms with Gasteiger partial charge < -0.3 is 5.43 Å². The van der Waals surface area contributed by atoms with Gasteiger partial charge in [0.15, 0.2) is 0 Å². The summed E-state index contributed by atoms with van der Waals surface area (Å²) in [5, 5.41) is 0. The Morgan fingerprint density at radius 1 is 1.56 bits per heavy atom. The van der Waals surface area contributed by atoms with Crippen LogP contribution in [0.3, 0.4) is 0 Å². The van der Waals surface area contributed by atoms with Gasteiger partial charge in [-0.1, -0.05) is 6.07 Å². The Bertz CT molecular complexity index is 198. The molecule has 0 radical (unpaired) electrons. The molecule has 0 fully saturated rings. The maximum absolute atomic E-state index is 4.09. The molecule has 1 aliphatic rings. The number of fused-ring (bicyclic) bond motifs is 1. The molecule has 0 saturated carbocycles. The predicted octanol–water partition coefficient (Wildman–Crippen LogP) is 0.512. The van der Waals surface area contributed by atoms with Crippen LogP contribution in [0, 0.1) is 0 Å². The lowest BCUT2D eigenvalue weighted by Crippen LogP contribution is -2.11. The van der Waals surface area contributed by atoms with Crippen LogP contribution in [0.15, 0.2) is 18.3 Å². The van der Waals surface area contributed by atoms with Crippen LogP contribution in [-0.2, 0) is 6.54 Å². The van der Waals surface area contributed by atoms with E-state index in [2.05, 4.69) is 21.9 Å². The standard InChI is InChI=1S/C6H7N3/c1-2-5-4-8-9-6(5)7-3-1/h1-3,8H,4H2,(H,7,9). The zero-order valence-electron chi connectivity index (χ0n) is 4.89. The Balaban J connectivity index is 2.54. The van der Waals surface area contributed by atoms with Crippen molar-refractivity contribution in [3.05, 3.63) is 23.9 Å². The number of hydrazine groups is 1. The summed E-state index contributed by atoms with van der Waals surface area (Å²) >= 11 is 0. The van der Waals surface area contributed by atoms with Crippen LogP contribution >= 0.6 is 0 Å². The molecule has 0 spiro atoms. The normalized spacial score (nSPS) is 14.7. The summed E-state index contributed by atoms with van der Waals surface area (Å²) in [5.74, 6) is 0.956. The minimum absolute atomic E-state index is 0.878. The molecule has 3 heteroatoms. The first-order valence-corrected chi connectivity index (χ1v) is 2.89. The van der Waals surface area contributed by atoms with E-state index >= 15 is 0 Å². The van der Waals surface area contributed by atoms with Crippen molar-refractivity contribution in [2.75, 3.05) is 5.43 Å². The molecule has 0 saturated heterocycles. The average Bonchev–Trinajstić information content (AvgIpc) is 2.33. The van der Waals surface area contributed by atoms with Crippen LogP contribution in [0.4, 0.5) is 5.82 Å². The molecular weight excluding hydrogens is 114 g/mol. The minimum Gasteiger partial charge on any atom is -0.305 e. The van der Waals surface area contributed by atoms with Gasteiger partial charge in [-0.25, -0.2) is 10.4 Å². The lowest BCUT2D eigenvalue weighted by molar-refractivity contribution is 0.859. The van der Waals surface area contributed by atoms with Crippen molar-refractivity contribution in [1.29, 1.82) is 0 Å². The first-order valence-electron chi connectivity index (χ1n) is 2.89. The molecule has 0 aliphatic carbocycles. The summed E-state index contributed by atoms with van der Waals surface area (Å²) in [4.78, 5) is 4.09. The van der Waals surface area contributed by atoms with Gasteiger partial charge in [0.2, 0.25) is 0 Å². The zero-order valence-corrected chi connectivity index (χ0v) is 4.89. The number of nitrogens with zero attached hydrogens (tertiary/aromatic N) is 1. The number of pyridine rings is 1. The SMILES string of the molecule is c1cnc2c(c1)CNN2. The molecular formula is C6H7N3. The van der Waals surface area contributed by atoms with E-state index in [0.29, 0.717) is 0 Å². The fourth-order valence-corrected chi connectivity index (χ4v) is 0.917. The zero-order chi connectivity index (χ0) is 6.10. The van der Waals surface area contributed by atoms with E-state index in [1.54, 1.807) is 6.20 Å². The highest BCUT2D eigenvalue weighted by Crippen LogP contribution is 2.13. The number of hydrogen-bond donors (Lipinski definition) is 2. The second-order valence-electron chi connectivity index (χ2n) is 1.99. The van der Waals surface area contributed by atoms with Gasteiger partial charge in [0.05, 0.1) is 0 Å². The highest BCUT2D eigenvalue weighted by Gasteiger charge is 2.06. The molecule has 1 aromatic rings. The van der Waals surface area contributed by atoms with Crippen molar-refractivity contribution in [3.8, 4) is 0 Å². The van der Waals surface area contributed by atoms with Crippen LogP contribution in [0.5, 0.6) is 0 Å². The highest BCUT2D eigenvalue weighted by atomic mass is 15.4. The molecule has 3 nitrogen and oxygen atoms in total. The van der Waals surface area contributed by atoms with Gasteiger partial charge >= 0.3 is 0 Å². The topological polar surface area (TPSA) is 37.0 Å². The Labute approximate surface area is 53.1 Å². The molecule has 2 heterocycles. The number of anilines is 1. The van der Waals surface area contributed by atoms with Gasteiger partial charge in [-0.05, 0) is 6.07 Å². The van der Waals surface area contributed by atoms with E-state index in [0.717, 1.165) is 12.4 Å². The van der Waals surface area contributed by atoms with Crippen molar-refractivity contribution in [1.82, 2.24) is 10.4 Å². The lowest BCUT2D eigenvalue weighted by atomic mass is 10.3. The third-order valence-corrected chi connectivity index (χ3v) is 1.38. The molecule has 0 amide bonds. The maximum Gasteiger partial charge on any atom is 0.144 e. The number of nitrogens with one attached hydrogen (secondary N) is 2. The maximum atomic E-state index is 4.09. The van der Waals surface area contributed by atoms with Crippen molar-refractivity contribution in [3.63, 3.8) is 0 Å². The predicted molar refractivity (Wildman–Crippen MR) is 34.7 cm³/mol. The fourth-order valence-electron chi connectivity index (χ4n) is 0.917. The molecule has 1 aromatic heterocycles. The third-order valence-electron chi connectivity index (χ3n) is 1.38. The largest absolute Gasteiger partial charge is 0.305 e. The summed E-state index contributed by atoms with van der Waals surface area (Å²) in [5.41, 5.74) is 7.15. The summed E-state index contributed by atoms with van der Waals surface area (Å²) in [6.07, 6.45) is 1.78. The second-order valence-corrected chi connectivity index (χ2v) is 1.99. The lowest BCUT2D eigenvalue weighted by Gasteiger charge is -1.92. The van der Waals surface area contributed by atoms with E-state index < -0.39 is 0 Å². The summed E-state index contributed by atoms with van der Waals surface area (Å²) in [6, 6.07) is 3.99. The minimum atomic E-state index is 0.878. The van der Waals surface area contributed by atoms with Gasteiger partial charge in [0.1, 0.15) is 5.82 Å². The van der Waals surface area contributed by atoms with Gasteiger partial charge in [0, 0.05) is 18.3 Å². The van der Waals surface area contributed by atoms with Gasteiger partial charge in [-0.15, -0.1) is 0 Å². The van der Waals surface area contributed by atoms with Crippen molar-refractivity contribution in [2.45, 2.75) is 6.54 Å². The summed E-state index contributed by atoms with van der Waals surface area (Å²) in [7, 11) is 0. The van der Waals surface area contributed by atoms with Crippen molar-refractivity contribution >= 4 is 5.82 Å². The summed E-state index contributed by atoms with van der Waals surface area (Å²) < 4.78 is 0. The molecule has 0 aromatic carbocycles. The molecule has 2 rings (SSSR count). The van der Waals surface area contributed by atoms with E-state index in [1.807, 2.05) is 6.07 Å². The van der Waals surface area contributed by atoms with Crippen molar-refractivity contribution < 1.29 is 0 Å². The van der Waals surface area contributed by atoms with Gasteiger partial charge in [-0.2, -0.15) is 0 Å². The van der Waals surface area contributed by atoms with Gasteiger partial charge in [0.25, 0.3) is 0 Å². The molecule has 2 N–H and O–H groups in total. The van der Waals surface area contributed by atoms with E-state index in [1.165, 1.54) is 5.56 Å². The highest BCUT2D eigenvalue weighted by molar-refractivity contribution is 5.45. The number of aromatic nitrogens is 1. The quantitative estimate of drug-likeness (QED) is 0.525. The third kappa shape index (κ3) is 0.658. The van der Waals surface area contributed by atoms with E-state index in [9.17, 15) is 0 Å². The monoisotopic (exact) mass is 121 g/mol. The Morgan fingerprint density at radius 2 is 2.56 bits per heavy atom. The fraction of sp³-hybridized carbons (Fsp3) is 0.167. The molecule has 46 valence electrons. The molecule has 9 heavy (non-hydrogen) atoms. The van der Waals surface area contributed by atoms with Crippen molar-refractivity contribution in [2.24, 2.45) is 0 Å². The molecule has 0 atom stereocenters. The van der Waals surface area contributed by atoms with Crippen LogP contribution in [0.1, 0.15) is 5.56 Å². The molecule has 0 bridgehead atoms. The Kier molecular flexibility index (Phi) is 0.899. The van der Waals surface area contributed by atoms with E-state index in [-0.39, 0.29) is 0 Å². The van der Waals surface area contributed by atoms with Crippen LogP contribution in [-0.4, -0.2) is 4.98 Å². The Hall–Kier alpha value is -1.09. The van der Waals surface area contributed by atoms with Crippen LogP contribution < -0.4 is 10.9 Å². The summed E-state index contributed by atoms with van der Waals surface area (Å²) in [6.45, 7) is 0.878. The first kappa shape index (κ1) is 4.76. The Morgan fingerprint density at radius 3 is 3.44 bits per heavy atom. The average molecular weight is 121 g/mol. The van der Waals surface area contributed by atoms with Crippen LogP contribution in [0.2, 0.25) is 0 Å². The number of rotatable bonds is 0. The first-order chi connectivity index (χ1) is 4.47. The second kappa shape index (κ2) is 1.70. The van der Waals surface area contributed by atoms with Gasteiger partial charge in [-0.3, -0.25) is 0 Å². The van der Waals surface area contributed by atoms with E-state index in [4.69, 9.17) is 0 Å². The number of hydrogen-bond acceptors (Lipinski definition) is 3. The molecule has 1 aliphatic heterocycles. The smallest absolute Gasteiger partial charge is 0.144 e. The molecule has 0 unspecified atom stereocenters. The van der Waals surface area contributed by atoms with Crippen LogP contribution in [0.25, 0.3) is 0 Å².